The maximum absolute atomic E-state index is 11.5. The van der Waals surface area contributed by atoms with Crippen LogP contribution in [0.15, 0.2) is 27.7 Å². The van der Waals surface area contributed by atoms with Crippen molar-refractivity contribution in [1.82, 2.24) is 15.1 Å². The van der Waals surface area contributed by atoms with Gasteiger partial charge in [-0.15, -0.1) is 0 Å². The summed E-state index contributed by atoms with van der Waals surface area (Å²) in [6.07, 6.45) is 7.95. The monoisotopic (exact) mass is 420 g/mol. The van der Waals surface area contributed by atoms with Gasteiger partial charge < -0.3 is 14.2 Å². The summed E-state index contributed by atoms with van der Waals surface area (Å²) in [5.74, 6) is 3.52. The smallest absolute Gasteiger partial charge is 0.324 e. The first-order valence-corrected chi connectivity index (χ1v) is 12.2. The van der Waals surface area contributed by atoms with Crippen molar-refractivity contribution in [1.29, 1.82) is 0 Å². The Balaban J connectivity index is 1.17. The van der Waals surface area contributed by atoms with Crippen molar-refractivity contribution in [2.45, 2.75) is 43.9 Å². The molecule has 1 saturated carbocycles. The minimum atomic E-state index is -3.22. The number of aromatic nitrogens is 3. The molecule has 0 aromatic carbocycles. The molecule has 0 amide bonds. The lowest BCUT2D eigenvalue weighted by Crippen LogP contribution is -2.34. The predicted octanol–water partition coefficient (Wildman–Crippen LogP) is 2.75. The van der Waals surface area contributed by atoms with Crippen LogP contribution in [0.2, 0.25) is 0 Å². The lowest BCUT2D eigenvalue weighted by molar-refractivity contribution is 0.274. The number of hydrogen-bond acceptors (Lipinski definition) is 8. The summed E-state index contributed by atoms with van der Waals surface area (Å²) in [5, 5.41) is 3.99. The van der Waals surface area contributed by atoms with Crippen LogP contribution in [-0.2, 0) is 16.3 Å². The van der Waals surface area contributed by atoms with Crippen LogP contribution in [0.4, 0.5) is 6.01 Å². The van der Waals surface area contributed by atoms with Crippen LogP contribution in [0.1, 0.15) is 38.4 Å². The van der Waals surface area contributed by atoms with Crippen molar-refractivity contribution in [3.63, 3.8) is 0 Å². The Kier molecular flexibility index (Phi) is 5.76. The zero-order chi connectivity index (χ0) is 20.4. The SMILES string of the molecule is CCc1noc(N2CCC([C@H]3C[C@H]3CCOc3ccc(S(C)(=O)=O)cn3)CC2)n1. The molecule has 0 bridgehead atoms. The fourth-order valence-electron chi connectivity index (χ4n) is 4.20. The fraction of sp³-hybridized carbons (Fsp3) is 0.650. The Morgan fingerprint density at radius 2 is 2.07 bits per heavy atom. The van der Waals surface area contributed by atoms with E-state index in [0.717, 1.165) is 49.5 Å². The molecule has 4 rings (SSSR count). The molecule has 1 aliphatic carbocycles. The van der Waals surface area contributed by atoms with Gasteiger partial charge in [-0.25, -0.2) is 13.4 Å². The first-order chi connectivity index (χ1) is 13.9. The van der Waals surface area contributed by atoms with E-state index in [1.807, 2.05) is 6.92 Å². The second-order valence-corrected chi connectivity index (χ2v) is 10.1. The second kappa shape index (κ2) is 8.30. The molecule has 158 valence electrons. The largest absolute Gasteiger partial charge is 0.478 e. The first-order valence-electron chi connectivity index (χ1n) is 10.3. The van der Waals surface area contributed by atoms with Gasteiger partial charge in [-0.1, -0.05) is 12.1 Å². The highest BCUT2D eigenvalue weighted by molar-refractivity contribution is 7.90. The maximum atomic E-state index is 11.5. The number of pyridine rings is 1. The van der Waals surface area contributed by atoms with Crippen LogP contribution >= 0.6 is 0 Å². The highest BCUT2D eigenvalue weighted by atomic mass is 32.2. The van der Waals surface area contributed by atoms with Gasteiger partial charge in [-0.05, 0) is 49.5 Å². The van der Waals surface area contributed by atoms with E-state index in [1.165, 1.54) is 37.8 Å². The van der Waals surface area contributed by atoms with Crippen LogP contribution in [-0.4, -0.2) is 49.5 Å². The van der Waals surface area contributed by atoms with E-state index < -0.39 is 9.84 Å². The number of hydrogen-bond donors (Lipinski definition) is 0. The van der Waals surface area contributed by atoms with E-state index in [2.05, 4.69) is 20.0 Å². The third kappa shape index (κ3) is 4.88. The summed E-state index contributed by atoms with van der Waals surface area (Å²) in [4.78, 5) is 10.9. The number of anilines is 1. The van der Waals surface area contributed by atoms with E-state index in [0.29, 0.717) is 18.5 Å². The lowest BCUT2D eigenvalue weighted by Gasteiger charge is -2.30. The van der Waals surface area contributed by atoms with Gasteiger partial charge >= 0.3 is 6.01 Å². The Morgan fingerprint density at radius 3 is 2.69 bits per heavy atom. The highest BCUT2D eigenvalue weighted by Crippen LogP contribution is 2.49. The normalized spacial score (nSPS) is 22.6. The van der Waals surface area contributed by atoms with Crippen LogP contribution in [0.25, 0.3) is 0 Å². The third-order valence-corrected chi connectivity index (χ3v) is 7.14. The summed E-state index contributed by atoms with van der Waals surface area (Å²) in [6.45, 7) is 4.60. The Hall–Kier alpha value is -2.16. The summed E-state index contributed by atoms with van der Waals surface area (Å²) in [7, 11) is -3.22. The number of piperidine rings is 1. The van der Waals surface area contributed by atoms with Crippen molar-refractivity contribution in [2.75, 3.05) is 30.9 Å². The van der Waals surface area contributed by atoms with Crippen molar-refractivity contribution < 1.29 is 17.7 Å². The third-order valence-electron chi connectivity index (χ3n) is 6.04. The molecule has 0 spiro atoms. The van der Waals surface area contributed by atoms with Crippen LogP contribution in [0.5, 0.6) is 5.88 Å². The van der Waals surface area contributed by atoms with Gasteiger partial charge in [0.05, 0.1) is 11.5 Å². The standard InChI is InChI=1S/C20H28N4O4S/c1-3-18-22-20(28-23-18)24-9-6-14(7-10-24)17-12-15(17)8-11-27-19-5-4-16(13-21-19)29(2,25)26/h4-5,13-15,17H,3,6-12H2,1-2H3/t15-,17-/m1/s1. The minimum absolute atomic E-state index is 0.213. The van der Waals surface area contributed by atoms with Crippen molar-refractivity contribution >= 4 is 15.9 Å². The van der Waals surface area contributed by atoms with Crippen molar-refractivity contribution in [2.24, 2.45) is 17.8 Å². The number of aryl methyl sites for hydroxylation is 1. The van der Waals surface area contributed by atoms with Crippen molar-refractivity contribution in [3.8, 4) is 5.88 Å². The van der Waals surface area contributed by atoms with E-state index in [4.69, 9.17) is 9.26 Å². The molecule has 0 N–H and O–H groups in total. The van der Waals surface area contributed by atoms with Gasteiger partial charge in [0.2, 0.25) is 5.88 Å². The van der Waals surface area contributed by atoms with Gasteiger partial charge in [0.1, 0.15) is 0 Å². The first kappa shape index (κ1) is 20.1. The molecule has 1 saturated heterocycles. The second-order valence-electron chi connectivity index (χ2n) is 8.07. The van der Waals surface area contributed by atoms with Gasteiger partial charge in [-0.3, -0.25) is 0 Å². The van der Waals surface area contributed by atoms with Gasteiger partial charge in [0, 0.05) is 38.0 Å². The number of ether oxygens (including phenoxy) is 1. The molecule has 1 aliphatic heterocycles. The molecule has 29 heavy (non-hydrogen) atoms. The van der Waals surface area contributed by atoms with Crippen molar-refractivity contribution in [3.05, 3.63) is 24.2 Å². The molecule has 9 heteroatoms. The number of rotatable bonds is 8. The summed E-state index contributed by atoms with van der Waals surface area (Å²) < 4.78 is 34.0. The maximum Gasteiger partial charge on any atom is 0.324 e. The van der Waals surface area contributed by atoms with Gasteiger partial charge in [0.15, 0.2) is 15.7 Å². The molecule has 2 fully saturated rings. The molecular weight excluding hydrogens is 392 g/mol. The molecule has 8 nitrogen and oxygen atoms in total. The molecule has 0 radical (unpaired) electrons. The van der Waals surface area contributed by atoms with E-state index in [1.54, 1.807) is 6.07 Å². The topological polar surface area (TPSA) is 98.4 Å². The number of sulfone groups is 1. The fourth-order valence-corrected chi connectivity index (χ4v) is 4.76. The average molecular weight is 421 g/mol. The minimum Gasteiger partial charge on any atom is -0.478 e. The van der Waals surface area contributed by atoms with Gasteiger partial charge in [-0.2, -0.15) is 4.98 Å². The van der Waals surface area contributed by atoms with E-state index >= 15 is 0 Å². The average Bonchev–Trinajstić information content (AvgIpc) is 3.32. The van der Waals surface area contributed by atoms with E-state index in [9.17, 15) is 8.42 Å². The molecule has 2 aliphatic rings. The molecule has 2 aromatic heterocycles. The quantitative estimate of drug-likeness (QED) is 0.643. The molecule has 0 unspecified atom stereocenters. The Morgan fingerprint density at radius 1 is 1.28 bits per heavy atom. The summed E-state index contributed by atoms with van der Waals surface area (Å²) >= 11 is 0. The van der Waals surface area contributed by atoms with Crippen LogP contribution in [0, 0.1) is 17.8 Å². The molecular formula is C20H28N4O4S. The van der Waals surface area contributed by atoms with Crippen LogP contribution in [0.3, 0.4) is 0 Å². The summed E-state index contributed by atoms with van der Waals surface area (Å²) in [5.41, 5.74) is 0. The zero-order valence-corrected chi connectivity index (χ0v) is 17.8. The Labute approximate surface area is 171 Å². The highest BCUT2D eigenvalue weighted by Gasteiger charge is 2.43. The molecule has 2 aromatic rings. The van der Waals surface area contributed by atoms with Crippen LogP contribution < -0.4 is 9.64 Å². The lowest BCUT2D eigenvalue weighted by atomic mass is 9.91. The van der Waals surface area contributed by atoms with E-state index in [-0.39, 0.29) is 4.90 Å². The molecule has 2 atom stereocenters. The van der Waals surface area contributed by atoms with Gasteiger partial charge in [0.25, 0.3) is 0 Å². The Bertz CT molecular complexity index is 920. The zero-order valence-electron chi connectivity index (χ0n) is 17.0. The number of nitrogens with zero attached hydrogens (tertiary/aromatic N) is 4. The molecule has 3 heterocycles. The predicted molar refractivity (Wildman–Crippen MR) is 108 cm³/mol. The summed E-state index contributed by atoms with van der Waals surface area (Å²) in [6, 6.07) is 3.83.